The number of carbonyl (C=O) groups excluding carboxylic acids is 1. The molecule has 8 heteroatoms. The van der Waals surface area contributed by atoms with Gasteiger partial charge >= 0.3 is 0 Å². The summed E-state index contributed by atoms with van der Waals surface area (Å²) in [5.41, 5.74) is 0.949. The lowest BCUT2D eigenvalue weighted by atomic mass is 10.1. The molecule has 0 radical (unpaired) electrons. The number of methoxy groups -OCH3 is 1. The van der Waals surface area contributed by atoms with Crippen molar-refractivity contribution in [2.45, 2.75) is 38.3 Å². The number of carbonyl (C=O) groups is 1. The molecule has 0 saturated heterocycles. The van der Waals surface area contributed by atoms with Crippen molar-refractivity contribution in [3.63, 3.8) is 0 Å². The summed E-state index contributed by atoms with van der Waals surface area (Å²) in [4.78, 5) is 18.0. The maximum Gasteiger partial charge on any atom is 0.241 e. The average molecular weight is 516 g/mol. The first-order chi connectivity index (χ1) is 13.5. The Morgan fingerprint density at radius 3 is 2.66 bits per heavy atom. The number of guanidine groups is 1. The van der Waals surface area contributed by atoms with Gasteiger partial charge in [-0.25, -0.2) is 4.99 Å². The maximum absolute atomic E-state index is 11.9. The fourth-order valence-electron chi connectivity index (χ4n) is 2.98. The lowest BCUT2D eigenvalue weighted by molar-refractivity contribution is -0.127. The summed E-state index contributed by atoms with van der Waals surface area (Å²) in [6, 6.07) is 5.83. The minimum Gasteiger partial charge on any atom is -0.493 e. The molecule has 162 valence electrons. The number of amides is 1. The summed E-state index contributed by atoms with van der Waals surface area (Å²) in [6.45, 7) is 4.83. The van der Waals surface area contributed by atoms with Gasteiger partial charge in [-0.2, -0.15) is 0 Å². The Labute approximate surface area is 190 Å². The zero-order valence-electron chi connectivity index (χ0n) is 17.6. The molecule has 0 spiro atoms. The van der Waals surface area contributed by atoms with Crippen LogP contribution in [0.3, 0.4) is 0 Å². The third kappa shape index (κ3) is 8.12. The van der Waals surface area contributed by atoms with Crippen molar-refractivity contribution in [2.24, 2.45) is 4.99 Å². The van der Waals surface area contributed by atoms with Crippen LogP contribution >= 0.6 is 24.0 Å². The number of aliphatic imine (C=N–C) groups is 1. The Hall–Kier alpha value is -1.97. The highest BCUT2D eigenvalue weighted by Gasteiger charge is 2.20. The molecule has 7 nitrogen and oxygen atoms in total. The van der Waals surface area contributed by atoms with Crippen molar-refractivity contribution >= 4 is 35.8 Å². The number of likely N-dealkylation sites (N-methyl/N-ethyl adjacent to an activating group) is 1. The number of benzene rings is 1. The molecular weight excluding hydrogens is 483 g/mol. The molecule has 0 heterocycles. The summed E-state index contributed by atoms with van der Waals surface area (Å²) < 4.78 is 11.8. The standard InChI is InChI=1S/C21H32N4O3.HI/c1-5-13-22-21(24-15-19(26)25(2)3)23-14-16-9-8-12-18(27-4)20(16)28-17-10-6-7-11-17;/h5,8-9,12,17H,1,6-7,10-11,13-15H2,2-4H3,(H2,22,23,24);1H. The van der Waals surface area contributed by atoms with Gasteiger partial charge < -0.3 is 25.0 Å². The predicted octanol–water partition coefficient (Wildman–Crippen LogP) is 2.94. The monoisotopic (exact) mass is 516 g/mol. The minimum absolute atomic E-state index is 0. The van der Waals surface area contributed by atoms with Gasteiger partial charge in [-0.15, -0.1) is 30.6 Å². The van der Waals surface area contributed by atoms with E-state index in [1.807, 2.05) is 18.2 Å². The smallest absolute Gasteiger partial charge is 0.241 e. The normalized spacial score (nSPS) is 14.0. The molecule has 2 N–H and O–H groups in total. The van der Waals surface area contributed by atoms with E-state index in [1.54, 1.807) is 27.3 Å². The molecule has 29 heavy (non-hydrogen) atoms. The van der Waals surface area contributed by atoms with Crippen molar-refractivity contribution in [1.29, 1.82) is 0 Å². The lowest BCUT2D eigenvalue weighted by Gasteiger charge is -2.19. The van der Waals surface area contributed by atoms with Gasteiger partial charge in [0.15, 0.2) is 17.5 Å². The van der Waals surface area contributed by atoms with E-state index in [0.717, 1.165) is 29.9 Å². The van der Waals surface area contributed by atoms with Crippen LogP contribution in [0.4, 0.5) is 0 Å². The number of halogens is 1. The number of rotatable bonds is 9. The molecule has 1 amide bonds. The highest BCUT2D eigenvalue weighted by Crippen LogP contribution is 2.35. The summed E-state index contributed by atoms with van der Waals surface area (Å²) in [5.74, 6) is 1.99. The van der Waals surface area contributed by atoms with Gasteiger partial charge in [-0.1, -0.05) is 18.2 Å². The zero-order valence-corrected chi connectivity index (χ0v) is 19.9. The van der Waals surface area contributed by atoms with Gasteiger partial charge in [0.05, 0.1) is 26.3 Å². The van der Waals surface area contributed by atoms with Crippen LogP contribution in [-0.4, -0.2) is 57.2 Å². The second kappa shape index (κ2) is 13.3. The van der Waals surface area contributed by atoms with Crippen LogP contribution < -0.4 is 20.1 Å². The summed E-state index contributed by atoms with van der Waals surface area (Å²) in [7, 11) is 5.09. The van der Waals surface area contributed by atoms with Gasteiger partial charge in [0.1, 0.15) is 0 Å². The highest BCUT2D eigenvalue weighted by atomic mass is 127. The molecule has 0 unspecified atom stereocenters. The Morgan fingerprint density at radius 1 is 1.31 bits per heavy atom. The van der Waals surface area contributed by atoms with Crippen LogP contribution in [0.2, 0.25) is 0 Å². The third-order valence-electron chi connectivity index (χ3n) is 4.59. The minimum atomic E-state index is -0.0280. The molecule has 0 aliphatic heterocycles. The highest BCUT2D eigenvalue weighted by molar-refractivity contribution is 14.0. The maximum atomic E-state index is 11.9. The van der Waals surface area contributed by atoms with Crippen molar-refractivity contribution in [3.8, 4) is 11.5 Å². The first kappa shape index (κ1) is 25.1. The number of para-hydroxylation sites is 1. The topological polar surface area (TPSA) is 75.2 Å². The second-order valence-corrected chi connectivity index (χ2v) is 6.95. The Balaban J connectivity index is 0.00000420. The first-order valence-electron chi connectivity index (χ1n) is 9.71. The zero-order chi connectivity index (χ0) is 20.4. The number of hydrogen-bond acceptors (Lipinski definition) is 4. The Morgan fingerprint density at radius 2 is 2.03 bits per heavy atom. The molecule has 1 aromatic rings. The van der Waals surface area contributed by atoms with Crippen molar-refractivity contribution in [3.05, 3.63) is 36.4 Å². The van der Waals surface area contributed by atoms with E-state index in [-0.39, 0.29) is 42.5 Å². The third-order valence-corrected chi connectivity index (χ3v) is 4.59. The number of hydrogen-bond donors (Lipinski definition) is 2. The largest absolute Gasteiger partial charge is 0.493 e. The van der Waals surface area contributed by atoms with E-state index in [0.29, 0.717) is 19.0 Å². The fraction of sp³-hybridized carbons (Fsp3) is 0.524. The molecule has 0 atom stereocenters. The number of nitrogens with zero attached hydrogens (tertiary/aromatic N) is 2. The molecule has 1 saturated carbocycles. The van der Waals surface area contributed by atoms with E-state index in [4.69, 9.17) is 9.47 Å². The van der Waals surface area contributed by atoms with Gasteiger partial charge in [0.25, 0.3) is 0 Å². The molecule has 2 rings (SSSR count). The summed E-state index contributed by atoms with van der Waals surface area (Å²) in [5, 5.41) is 6.19. The average Bonchev–Trinajstić information content (AvgIpc) is 3.21. The van der Waals surface area contributed by atoms with Crippen molar-refractivity contribution in [2.75, 3.05) is 34.3 Å². The molecule has 1 fully saturated rings. The van der Waals surface area contributed by atoms with Crippen LogP contribution in [0.1, 0.15) is 31.2 Å². The van der Waals surface area contributed by atoms with E-state index in [1.165, 1.54) is 17.7 Å². The quantitative estimate of drug-likeness (QED) is 0.229. The van der Waals surface area contributed by atoms with Crippen molar-refractivity contribution in [1.82, 2.24) is 15.5 Å². The van der Waals surface area contributed by atoms with E-state index in [9.17, 15) is 4.79 Å². The summed E-state index contributed by atoms with van der Waals surface area (Å²) in [6.07, 6.45) is 6.51. The van der Waals surface area contributed by atoms with E-state index < -0.39 is 0 Å². The van der Waals surface area contributed by atoms with Gasteiger partial charge in [-0.3, -0.25) is 4.79 Å². The molecule has 1 aromatic carbocycles. The van der Waals surface area contributed by atoms with Gasteiger partial charge in [0.2, 0.25) is 5.91 Å². The van der Waals surface area contributed by atoms with Crippen LogP contribution in [0.15, 0.2) is 35.8 Å². The molecular formula is C21H33IN4O3. The lowest BCUT2D eigenvalue weighted by Crippen LogP contribution is -2.43. The SMILES string of the molecule is C=CCNC(=NCc1cccc(OC)c1OC1CCCC1)NCC(=O)N(C)C.I. The number of ether oxygens (including phenoxy) is 2. The molecule has 0 aromatic heterocycles. The van der Waals surface area contributed by atoms with Crippen molar-refractivity contribution < 1.29 is 14.3 Å². The van der Waals surface area contributed by atoms with Crippen LogP contribution in [0, 0.1) is 0 Å². The van der Waals surface area contributed by atoms with Crippen LogP contribution in [0.5, 0.6) is 11.5 Å². The first-order valence-corrected chi connectivity index (χ1v) is 9.71. The molecule has 1 aliphatic rings. The second-order valence-electron chi connectivity index (χ2n) is 6.95. The van der Waals surface area contributed by atoms with Gasteiger partial charge in [0, 0.05) is 26.2 Å². The molecule has 1 aliphatic carbocycles. The van der Waals surface area contributed by atoms with Crippen LogP contribution in [0.25, 0.3) is 0 Å². The van der Waals surface area contributed by atoms with Gasteiger partial charge in [-0.05, 0) is 31.7 Å². The fourth-order valence-corrected chi connectivity index (χ4v) is 2.98. The van der Waals surface area contributed by atoms with E-state index in [2.05, 4.69) is 22.2 Å². The summed E-state index contributed by atoms with van der Waals surface area (Å²) >= 11 is 0. The van der Waals surface area contributed by atoms with E-state index >= 15 is 0 Å². The molecule has 0 bridgehead atoms. The predicted molar refractivity (Wildman–Crippen MR) is 127 cm³/mol. The Kier molecular flexibility index (Phi) is 11.5. The number of nitrogens with one attached hydrogen (secondary N) is 2. The Bertz CT molecular complexity index is 689. The van der Waals surface area contributed by atoms with Crippen LogP contribution in [-0.2, 0) is 11.3 Å².